The molecule has 0 radical (unpaired) electrons. The zero-order valence-corrected chi connectivity index (χ0v) is 14.5. The van der Waals surface area contributed by atoms with Crippen LogP contribution in [0.1, 0.15) is 48.9 Å². The van der Waals surface area contributed by atoms with E-state index >= 15 is 0 Å². The van der Waals surface area contributed by atoms with Crippen LogP contribution in [0.5, 0.6) is 0 Å². The molecule has 0 aliphatic heterocycles. The Balaban J connectivity index is 2.12. The third-order valence-corrected chi connectivity index (χ3v) is 4.68. The Hall–Kier alpha value is -1.36. The molecule has 0 aromatic heterocycles. The van der Waals surface area contributed by atoms with Gasteiger partial charge in [0.2, 0.25) is 0 Å². The molecule has 1 fully saturated rings. The summed E-state index contributed by atoms with van der Waals surface area (Å²) in [7, 11) is 1.38. The Morgan fingerprint density at radius 3 is 2.41 bits per heavy atom. The van der Waals surface area contributed by atoms with Crippen LogP contribution in [0.2, 0.25) is 0 Å². The lowest BCUT2D eigenvalue weighted by molar-refractivity contribution is -0.140. The number of esters is 1. The summed E-state index contributed by atoms with van der Waals surface area (Å²) >= 11 is 3.38. The number of rotatable bonds is 5. The minimum absolute atomic E-state index is 0.00306. The maximum Gasteiger partial charge on any atom is 0.307 e. The summed E-state index contributed by atoms with van der Waals surface area (Å²) in [6.45, 7) is 0.423. The number of ether oxygens (including phenoxy) is 1. The van der Waals surface area contributed by atoms with E-state index in [1.54, 1.807) is 0 Å². The van der Waals surface area contributed by atoms with Crippen LogP contribution < -0.4 is 0 Å². The SMILES string of the molecule is COC(=O)CCN(C(=O)c1ccc(Br)cc1)C1CCCCC1. The van der Waals surface area contributed by atoms with Gasteiger partial charge >= 0.3 is 5.97 Å². The zero-order valence-electron chi connectivity index (χ0n) is 12.9. The average Bonchev–Trinajstić information content (AvgIpc) is 2.56. The van der Waals surface area contributed by atoms with Gasteiger partial charge in [-0.2, -0.15) is 0 Å². The Kier molecular flexibility index (Phi) is 6.43. The fourth-order valence-electron chi connectivity index (χ4n) is 2.91. The molecule has 0 bridgehead atoms. The number of carbonyl (C=O) groups is 2. The second kappa shape index (κ2) is 8.32. The van der Waals surface area contributed by atoms with Crippen LogP contribution in [0.4, 0.5) is 0 Å². The van der Waals surface area contributed by atoms with E-state index in [1.807, 2.05) is 29.2 Å². The molecule has 1 aliphatic rings. The third-order valence-electron chi connectivity index (χ3n) is 4.15. The normalized spacial score (nSPS) is 15.4. The first-order valence-corrected chi connectivity index (χ1v) is 8.54. The van der Waals surface area contributed by atoms with Gasteiger partial charge in [-0.05, 0) is 37.1 Å². The molecular formula is C17H22BrNO3. The molecule has 1 aromatic carbocycles. The van der Waals surface area contributed by atoms with E-state index in [9.17, 15) is 9.59 Å². The number of benzene rings is 1. The maximum absolute atomic E-state index is 12.8. The van der Waals surface area contributed by atoms with Gasteiger partial charge in [0.1, 0.15) is 0 Å². The van der Waals surface area contributed by atoms with Gasteiger partial charge in [-0.3, -0.25) is 9.59 Å². The van der Waals surface area contributed by atoms with E-state index in [2.05, 4.69) is 15.9 Å². The number of hydrogen-bond donors (Lipinski definition) is 0. The fourth-order valence-corrected chi connectivity index (χ4v) is 3.18. The minimum Gasteiger partial charge on any atom is -0.469 e. The van der Waals surface area contributed by atoms with Gasteiger partial charge in [0.25, 0.3) is 5.91 Å². The second-order valence-corrected chi connectivity index (χ2v) is 6.54. The van der Waals surface area contributed by atoms with Crippen LogP contribution in [0.3, 0.4) is 0 Å². The monoisotopic (exact) mass is 367 g/mol. The summed E-state index contributed by atoms with van der Waals surface area (Å²) in [5.41, 5.74) is 0.665. The predicted molar refractivity (Wildman–Crippen MR) is 88.7 cm³/mol. The topological polar surface area (TPSA) is 46.6 Å². The van der Waals surface area contributed by atoms with E-state index in [4.69, 9.17) is 4.74 Å². The van der Waals surface area contributed by atoms with E-state index in [0.717, 1.165) is 30.2 Å². The summed E-state index contributed by atoms with van der Waals surface area (Å²) < 4.78 is 5.65. The number of nitrogens with zero attached hydrogens (tertiary/aromatic N) is 1. The average molecular weight is 368 g/mol. The van der Waals surface area contributed by atoms with Gasteiger partial charge < -0.3 is 9.64 Å². The van der Waals surface area contributed by atoms with E-state index in [1.165, 1.54) is 13.5 Å². The van der Waals surface area contributed by atoms with Gasteiger partial charge in [0.15, 0.2) is 0 Å². The number of halogens is 1. The van der Waals surface area contributed by atoms with Crippen molar-refractivity contribution in [2.75, 3.05) is 13.7 Å². The molecule has 1 amide bonds. The standard InChI is InChI=1S/C17H22BrNO3/c1-22-16(20)11-12-19(15-5-3-2-4-6-15)17(21)13-7-9-14(18)10-8-13/h7-10,15H,2-6,11-12H2,1H3. The maximum atomic E-state index is 12.8. The van der Waals surface area contributed by atoms with E-state index < -0.39 is 0 Å². The summed E-state index contributed by atoms with van der Waals surface area (Å²) in [6.07, 6.45) is 5.80. The van der Waals surface area contributed by atoms with Crippen molar-refractivity contribution in [3.8, 4) is 0 Å². The molecule has 0 heterocycles. The van der Waals surface area contributed by atoms with Crippen molar-refractivity contribution in [2.45, 2.75) is 44.6 Å². The highest BCUT2D eigenvalue weighted by atomic mass is 79.9. The molecule has 2 rings (SSSR count). The number of carbonyl (C=O) groups excluding carboxylic acids is 2. The molecule has 4 nitrogen and oxygen atoms in total. The largest absolute Gasteiger partial charge is 0.469 e. The van der Waals surface area contributed by atoms with Crippen molar-refractivity contribution in [1.82, 2.24) is 4.90 Å². The van der Waals surface area contributed by atoms with Crippen LogP contribution in [-0.4, -0.2) is 36.5 Å². The molecule has 0 saturated heterocycles. The Morgan fingerprint density at radius 2 is 1.82 bits per heavy atom. The summed E-state index contributed by atoms with van der Waals surface area (Å²) in [5, 5.41) is 0. The molecular weight excluding hydrogens is 346 g/mol. The van der Waals surface area contributed by atoms with Gasteiger partial charge in [-0.25, -0.2) is 0 Å². The lowest BCUT2D eigenvalue weighted by atomic mass is 9.93. The summed E-state index contributed by atoms with van der Waals surface area (Å²) in [4.78, 5) is 26.1. The van der Waals surface area contributed by atoms with E-state index in [-0.39, 0.29) is 24.3 Å². The second-order valence-electron chi connectivity index (χ2n) is 5.62. The molecule has 1 aromatic rings. The third kappa shape index (κ3) is 4.57. The highest BCUT2D eigenvalue weighted by Crippen LogP contribution is 2.24. The highest BCUT2D eigenvalue weighted by molar-refractivity contribution is 9.10. The van der Waals surface area contributed by atoms with Crippen molar-refractivity contribution >= 4 is 27.8 Å². The van der Waals surface area contributed by atoms with Crippen molar-refractivity contribution in [3.63, 3.8) is 0 Å². The van der Waals surface area contributed by atoms with Gasteiger partial charge in [0, 0.05) is 22.6 Å². The van der Waals surface area contributed by atoms with Crippen molar-refractivity contribution in [2.24, 2.45) is 0 Å². The molecule has 0 N–H and O–H groups in total. The van der Waals surface area contributed by atoms with Crippen LogP contribution in [0, 0.1) is 0 Å². The lowest BCUT2D eigenvalue weighted by Gasteiger charge is -2.34. The van der Waals surface area contributed by atoms with Crippen LogP contribution >= 0.6 is 15.9 Å². The Morgan fingerprint density at radius 1 is 1.18 bits per heavy atom. The molecule has 0 unspecified atom stereocenters. The molecule has 5 heteroatoms. The highest BCUT2D eigenvalue weighted by Gasteiger charge is 2.26. The molecule has 1 saturated carbocycles. The molecule has 0 spiro atoms. The molecule has 0 atom stereocenters. The van der Waals surface area contributed by atoms with Gasteiger partial charge in [-0.1, -0.05) is 35.2 Å². The Labute approximate surface area is 140 Å². The van der Waals surface area contributed by atoms with Gasteiger partial charge in [-0.15, -0.1) is 0 Å². The number of hydrogen-bond acceptors (Lipinski definition) is 3. The van der Waals surface area contributed by atoms with E-state index in [0.29, 0.717) is 12.1 Å². The van der Waals surface area contributed by atoms with Gasteiger partial charge in [0.05, 0.1) is 13.5 Å². The molecule has 22 heavy (non-hydrogen) atoms. The van der Waals surface area contributed by atoms with Crippen molar-refractivity contribution in [3.05, 3.63) is 34.3 Å². The smallest absolute Gasteiger partial charge is 0.307 e. The predicted octanol–water partition coefficient (Wildman–Crippen LogP) is 3.79. The number of amides is 1. The van der Waals surface area contributed by atoms with Crippen LogP contribution in [0.15, 0.2) is 28.7 Å². The Bertz CT molecular complexity index is 509. The summed E-state index contributed by atoms with van der Waals surface area (Å²) in [6, 6.07) is 7.61. The summed E-state index contributed by atoms with van der Waals surface area (Å²) in [5.74, 6) is -0.271. The van der Waals surface area contributed by atoms with Crippen LogP contribution in [-0.2, 0) is 9.53 Å². The van der Waals surface area contributed by atoms with Crippen molar-refractivity contribution < 1.29 is 14.3 Å². The lowest BCUT2D eigenvalue weighted by Crippen LogP contribution is -2.42. The van der Waals surface area contributed by atoms with Crippen molar-refractivity contribution in [1.29, 1.82) is 0 Å². The molecule has 1 aliphatic carbocycles. The first-order chi connectivity index (χ1) is 10.6. The quantitative estimate of drug-likeness (QED) is 0.743. The zero-order chi connectivity index (χ0) is 15.9. The fraction of sp³-hybridized carbons (Fsp3) is 0.529. The number of methoxy groups -OCH3 is 1. The molecule has 120 valence electrons. The first-order valence-electron chi connectivity index (χ1n) is 7.75. The minimum atomic E-state index is -0.274. The first kappa shape index (κ1) is 17.0. The van der Waals surface area contributed by atoms with Crippen LogP contribution in [0.25, 0.3) is 0 Å².